The molecule has 0 heterocycles. The number of carbonyl (C=O) groups excluding carboxylic acids is 6. The van der Waals surface area contributed by atoms with Gasteiger partial charge in [0.05, 0.1) is 66.1 Å². The molecule has 6 amide bonds. The fourth-order valence-electron chi connectivity index (χ4n) is 4.88. The van der Waals surface area contributed by atoms with E-state index in [1.54, 1.807) is 0 Å². The van der Waals surface area contributed by atoms with Gasteiger partial charge in [0.15, 0.2) is 0 Å². The molecular formula is C34H68N9O14PS. The van der Waals surface area contributed by atoms with Crippen LogP contribution in [0, 0.1) is 0 Å². The summed E-state index contributed by atoms with van der Waals surface area (Å²) in [7, 11) is 0. The van der Waals surface area contributed by atoms with Gasteiger partial charge in [-0.05, 0) is 32.1 Å². The average molecular weight is 890 g/mol. The molecular weight excluding hydrogens is 821 g/mol. The second-order valence-corrected chi connectivity index (χ2v) is 17.0. The Hall–Kier alpha value is -3.00. The fourth-order valence-corrected chi connectivity index (χ4v) is 5.59. The van der Waals surface area contributed by atoms with E-state index < -0.39 is 42.3 Å². The van der Waals surface area contributed by atoms with E-state index in [-0.39, 0.29) is 136 Å². The highest BCUT2D eigenvalue weighted by Crippen LogP contribution is 2.47. The highest BCUT2D eigenvalue weighted by Gasteiger charge is 2.25. The fraction of sp³-hybridized carbons (Fsp3) is 0.824. The predicted molar refractivity (Wildman–Crippen MR) is 218 cm³/mol. The zero-order chi connectivity index (χ0) is 44.0. The summed E-state index contributed by atoms with van der Waals surface area (Å²) >= 11 is 3.88. The first-order chi connectivity index (χ1) is 28.3. The van der Waals surface area contributed by atoms with Crippen LogP contribution in [0.3, 0.4) is 0 Å². The molecule has 0 fully saturated rings. The Kier molecular flexibility index (Phi) is 36.0. The smallest absolute Gasteiger partial charge is 0.251 e. The molecule has 3 atom stereocenters. The summed E-state index contributed by atoms with van der Waals surface area (Å²) in [5.41, 5.74) is 0. The first kappa shape index (κ1) is 56.0. The van der Waals surface area contributed by atoms with Gasteiger partial charge in [0.1, 0.15) is 12.1 Å². The molecule has 0 aliphatic heterocycles. The van der Waals surface area contributed by atoms with Crippen molar-refractivity contribution in [3.63, 3.8) is 0 Å². The van der Waals surface area contributed by atoms with Gasteiger partial charge in [-0.15, -0.1) is 0 Å². The lowest BCUT2D eigenvalue weighted by atomic mass is 10.1. The minimum atomic E-state index is -2.79. The molecule has 0 aliphatic rings. The second-order valence-electron chi connectivity index (χ2n) is 13.0. The van der Waals surface area contributed by atoms with Gasteiger partial charge in [0.2, 0.25) is 35.4 Å². The normalized spacial score (nSPS) is 13.1. The molecule has 12 N–H and O–H groups in total. The van der Waals surface area contributed by atoms with Crippen molar-refractivity contribution in [3.05, 3.63) is 0 Å². The molecule has 23 nitrogen and oxygen atoms in total. The number of ether oxygens (including phenoxy) is 3. The Balaban J connectivity index is 5.18. The molecule has 0 aromatic rings. The molecule has 0 spiro atoms. The molecule has 3 unspecified atom stereocenters. The molecule has 344 valence electrons. The van der Waals surface area contributed by atoms with E-state index in [2.05, 4.69) is 58.7 Å². The number of thiol groups is 1. The van der Waals surface area contributed by atoms with Crippen molar-refractivity contribution in [1.29, 1.82) is 0 Å². The van der Waals surface area contributed by atoms with E-state index in [9.17, 15) is 33.3 Å². The summed E-state index contributed by atoms with van der Waals surface area (Å²) in [5.74, 6) is 12.0. The lowest BCUT2D eigenvalue weighted by Crippen LogP contribution is -2.50. The Morgan fingerprint density at radius 2 is 0.898 bits per heavy atom. The molecule has 59 heavy (non-hydrogen) atoms. The van der Waals surface area contributed by atoms with Crippen LogP contribution in [0.25, 0.3) is 0 Å². The Labute approximate surface area is 351 Å². The summed E-state index contributed by atoms with van der Waals surface area (Å²) in [5, 5.41) is 16.0. The average Bonchev–Trinajstić information content (AvgIpc) is 3.19. The molecule has 0 aliphatic carbocycles. The third-order valence-electron chi connectivity index (χ3n) is 7.85. The van der Waals surface area contributed by atoms with E-state index >= 15 is 0 Å². The van der Waals surface area contributed by atoms with Gasteiger partial charge in [-0.25, -0.2) is 17.7 Å². The van der Waals surface area contributed by atoms with E-state index in [0.717, 1.165) is 25.7 Å². The van der Waals surface area contributed by atoms with E-state index in [0.29, 0.717) is 13.2 Å². The number of hydrogen-bond acceptors (Lipinski definition) is 17. The van der Waals surface area contributed by atoms with Crippen molar-refractivity contribution in [2.45, 2.75) is 82.7 Å². The van der Waals surface area contributed by atoms with Gasteiger partial charge in [0, 0.05) is 58.5 Å². The van der Waals surface area contributed by atoms with Gasteiger partial charge in [0.25, 0.3) is 6.57 Å². The van der Waals surface area contributed by atoms with Gasteiger partial charge >= 0.3 is 0 Å². The number of unbranched alkanes of at least 4 members (excludes halogenated alkanes) is 3. The van der Waals surface area contributed by atoms with Crippen molar-refractivity contribution < 1.29 is 66.6 Å². The maximum Gasteiger partial charge on any atom is 0.251 e. The Morgan fingerprint density at radius 3 is 1.39 bits per heavy atom. The molecule has 0 saturated carbocycles. The van der Waals surface area contributed by atoms with E-state index in [1.807, 2.05) is 0 Å². The van der Waals surface area contributed by atoms with Gasteiger partial charge in [-0.3, -0.25) is 33.3 Å². The molecule has 25 heteroatoms. The number of nitrogens with one attached hydrogen (secondary N) is 6. The number of amides is 6. The van der Waals surface area contributed by atoms with Crippen LogP contribution in [0.5, 0.6) is 0 Å². The maximum absolute atomic E-state index is 13.2. The van der Waals surface area contributed by atoms with Crippen molar-refractivity contribution >= 4 is 54.3 Å². The number of rotatable bonds is 40. The molecule has 0 radical (unpaired) electrons. The van der Waals surface area contributed by atoms with Crippen LogP contribution < -0.4 is 49.6 Å². The summed E-state index contributed by atoms with van der Waals surface area (Å²) in [6, 6.07) is -2.25. The second kappa shape index (κ2) is 38.0. The summed E-state index contributed by atoms with van der Waals surface area (Å²) in [6.45, 7) is 1.50. The minimum Gasteiger partial charge on any atom is -0.377 e. The summed E-state index contributed by atoms with van der Waals surface area (Å²) in [6.07, 6.45) is 2.86. The monoisotopic (exact) mass is 889 g/mol. The highest BCUT2D eigenvalue weighted by atomic mass is 32.7. The highest BCUT2D eigenvalue weighted by molar-refractivity contribution is 8.46. The zero-order valence-corrected chi connectivity index (χ0v) is 36.0. The van der Waals surface area contributed by atoms with Crippen LogP contribution in [0.2, 0.25) is 0 Å². The maximum atomic E-state index is 13.2. The van der Waals surface area contributed by atoms with Crippen LogP contribution in [0.15, 0.2) is 0 Å². The van der Waals surface area contributed by atoms with Gasteiger partial charge < -0.3 is 65.1 Å². The van der Waals surface area contributed by atoms with Crippen LogP contribution in [-0.2, 0) is 66.6 Å². The van der Waals surface area contributed by atoms with Crippen molar-refractivity contribution in [1.82, 2.24) is 31.9 Å². The SMILES string of the molecule is CP(=O)(S)OCCCCCCNC(=O)CCCC(=O)NC(CCC(=O)NC(CCC(=O)NCCOCCON)C(=O)NCCOCCON)C(=O)NCCOCCON. The lowest BCUT2D eigenvalue weighted by molar-refractivity contribution is -0.131. The summed E-state index contributed by atoms with van der Waals surface area (Å²) < 4.78 is 32.4. The Morgan fingerprint density at radius 1 is 0.492 bits per heavy atom. The number of hydrogen-bond donors (Lipinski definition) is 10. The third kappa shape index (κ3) is 36.6. The molecule has 0 rings (SSSR count). The van der Waals surface area contributed by atoms with Crippen LogP contribution in [-0.4, -0.2) is 146 Å². The van der Waals surface area contributed by atoms with Crippen LogP contribution in [0.1, 0.15) is 70.6 Å². The number of nitrogens with two attached hydrogens (primary N) is 3. The molecule has 0 saturated heterocycles. The molecule has 0 aromatic carbocycles. The van der Waals surface area contributed by atoms with Crippen LogP contribution >= 0.6 is 18.8 Å². The van der Waals surface area contributed by atoms with Crippen LogP contribution in [0.4, 0.5) is 0 Å². The minimum absolute atomic E-state index is 0.0489. The topological polar surface area (TPSA) is 334 Å². The predicted octanol–water partition coefficient (Wildman–Crippen LogP) is -1.80. The van der Waals surface area contributed by atoms with Crippen molar-refractivity contribution in [3.8, 4) is 0 Å². The first-order valence-electron chi connectivity index (χ1n) is 19.6. The van der Waals surface area contributed by atoms with Crippen molar-refractivity contribution in [2.24, 2.45) is 17.7 Å². The lowest BCUT2D eigenvalue weighted by Gasteiger charge is -2.21. The van der Waals surface area contributed by atoms with Crippen molar-refractivity contribution in [2.75, 3.05) is 98.9 Å². The summed E-state index contributed by atoms with van der Waals surface area (Å²) in [4.78, 5) is 90.2. The number of carbonyl (C=O) groups is 6. The standard InChI is InChI=1S/C34H68N9O14PS/c1-58(50,59)57-17-5-3-2-4-13-38-29(44)7-6-8-31(46)42-28(34(49)41-16-20-53-23-26-56-37)10-12-32(47)43-27(33(48)40-15-19-52-22-25-55-36)9-11-30(45)39-14-18-51-21-24-54-35/h27-28H,2-26,35-37H2,1H3,(H,38,44)(H,39,45)(H,40,48)(H,41,49)(H,42,46)(H,43,47)(H,50,59). The first-order valence-corrected chi connectivity index (χ1v) is 22.9. The van der Waals surface area contributed by atoms with Gasteiger partial charge in [-0.1, -0.05) is 25.1 Å². The molecule has 0 bridgehead atoms. The zero-order valence-electron chi connectivity index (χ0n) is 34.2. The van der Waals surface area contributed by atoms with Gasteiger partial charge in [-0.2, -0.15) is 0 Å². The molecule has 0 aromatic heterocycles. The largest absolute Gasteiger partial charge is 0.377 e. The Bertz CT molecular complexity index is 1220. The van der Waals surface area contributed by atoms with E-state index in [1.165, 1.54) is 6.66 Å². The quantitative estimate of drug-likeness (QED) is 0.0140. The van der Waals surface area contributed by atoms with E-state index in [4.69, 9.17) is 36.4 Å². The third-order valence-corrected chi connectivity index (χ3v) is 8.86.